The van der Waals surface area contributed by atoms with Gasteiger partial charge in [0.25, 0.3) is 5.91 Å². The largest absolute Gasteiger partial charge is 0.338 e. The Morgan fingerprint density at radius 1 is 1.47 bits per heavy atom. The third kappa shape index (κ3) is 2.57. The molecule has 2 heterocycles. The maximum absolute atomic E-state index is 12.0. The minimum atomic E-state index is -0.332. The second kappa shape index (κ2) is 5.09. The minimum Gasteiger partial charge on any atom is -0.338 e. The molecule has 100 valence electrons. The maximum atomic E-state index is 12.0. The van der Waals surface area contributed by atoms with E-state index < -0.39 is 0 Å². The van der Waals surface area contributed by atoms with Crippen molar-refractivity contribution < 1.29 is 9.32 Å². The van der Waals surface area contributed by atoms with Gasteiger partial charge in [-0.3, -0.25) is 14.9 Å². The number of nitrogens with one attached hydrogen (secondary N) is 1. The first-order valence-electron chi connectivity index (χ1n) is 5.96. The lowest BCUT2D eigenvalue weighted by molar-refractivity contribution is 0.102. The van der Waals surface area contributed by atoms with E-state index in [2.05, 4.69) is 10.5 Å². The number of hydrogen-bond acceptors (Lipinski definition) is 4. The van der Waals surface area contributed by atoms with Crippen LogP contribution in [0.15, 0.2) is 27.6 Å². The molecule has 19 heavy (non-hydrogen) atoms. The molecule has 0 radical (unpaired) electrons. The van der Waals surface area contributed by atoms with E-state index in [1.807, 2.05) is 13.8 Å². The third-order valence-electron chi connectivity index (χ3n) is 2.91. The highest BCUT2D eigenvalue weighted by atomic mass is 16.5. The van der Waals surface area contributed by atoms with E-state index in [0.29, 0.717) is 11.4 Å². The van der Waals surface area contributed by atoms with Gasteiger partial charge in [-0.15, -0.1) is 0 Å². The van der Waals surface area contributed by atoms with Crippen molar-refractivity contribution in [1.29, 1.82) is 0 Å². The zero-order valence-corrected chi connectivity index (χ0v) is 11.1. The molecule has 0 fully saturated rings. The summed E-state index contributed by atoms with van der Waals surface area (Å²) in [6, 6.07) is 2.83. The topological polar surface area (TPSA) is 77.1 Å². The van der Waals surface area contributed by atoms with Crippen LogP contribution >= 0.6 is 0 Å². The number of amides is 1. The SMILES string of the molecule is CCc1c(C)noc1NC(=O)c1ccc(=O)n(C)c1. The summed E-state index contributed by atoms with van der Waals surface area (Å²) in [6.07, 6.45) is 2.20. The number of hydrogen-bond donors (Lipinski definition) is 1. The molecule has 2 rings (SSSR count). The van der Waals surface area contributed by atoms with E-state index in [1.165, 1.54) is 22.9 Å². The first kappa shape index (κ1) is 13.1. The van der Waals surface area contributed by atoms with Gasteiger partial charge in [-0.1, -0.05) is 12.1 Å². The molecule has 1 amide bonds. The zero-order chi connectivity index (χ0) is 14.0. The van der Waals surface area contributed by atoms with E-state index >= 15 is 0 Å². The highest BCUT2D eigenvalue weighted by Crippen LogP contribution is 2.20. The van der Waals surface area contributed by atoms with E-state index in [-0.39, 0.29) is 11.5 Å². The highest BCUT2D eigenvalue weighted by Gasteiger charge is 2.15. The molecule has 0 saturated carbocycles. The molecule has 6 nitrogen and oxygen atoms in total. The average molecular weight is 261 g/mol. The number of rotatable bonds is 3. The van der Waals surface area contributed by atoms with Crippen LogP contribution in [0.2, 0.25) is 0 Å². The van der Waals surface area contributed by atoms with Crippen LogP contribution in [0.1, 0.15) is 28.5 Å². The summed E-state index contributed by atoms with van der Waals surface area (Å²) >= 11 is 0. The summed E-state index contributed by atoms with van der Waals surface area (Å²) in [5.74, 6) is 0.0281. The first-order valence-corrected chi connectivity index (χ1v) is 5.96. The second-order valence-electron chi connectivity index (χ2n) is 4.25. The lowest BCUT2D eigenvalue weighted by Gasteiger charge is -2.04. The molecule has 0 aliphatic rings. The van der Waals surface area contributed by atoms with Gasteiger partial charge in [0.15, 0.2) is 0 Å². The van der Waals surface area contributed by atoms with Gasteiger partial charge in [0, 0.05) is 24.9 Å². The molecule has 2 aromatic rings. The van der Waals surface area contributed by atoms with Crippen molar-refractivity contribution >= 4 is 11.8 Å². The van der Waals surface area contributed by atoms with Gasteiger partial charge in [0.1, 0.15) is 0 Å². The number of nitrogens with zero attached hydrogens (tertiary/aromatic N) is 2. The third-order valence-corrected chi connectivity index (χ3v) is 2.91. The van der Waals surface area contributed by atoms with Crippen molar-refractivity contribution in [2.24, 2.45) is 7.05 Å². The fourth-order valence-corrected chi connectivity index (χ4v) is 1.81. The van der Waals surface area contributed by atoms with Crippen molar-refractivity contribution in [2.45, 2.75) is 20.3 Å². The molecular weight excluding hydrogens is 246 g/mol. The number of aryl methyl sites for hydroxylation is 2. The number of carbonyl (C=O) groups excluding carboxylic acids is 1. The summed E-state index contributed by atoms with van der Waals surface area (Å²) in [5, 5.41) is 6.48. The van der Waals surface area contributed by atoms with Crippen LogP contribution in [-0.4, -0.2) is 15.6 Å². The normalized spacial score (nSPS) is 10.5. The molecule has 6 heteroatoms. The number of pyridine rings is 1. The fraction of sp³-hybridized carbons (Fsp3) is 0.308. The van der Waals surface area contributed by atoms with Crippen LogP contribution in [0.3, 0.4) is 0 Å². The van der Waals surface area contributed by atoms with E-state index in [9.17, 15) is 9.59 Å². The van der Waals surface area contributed by atoms with Gasteiger partial charge < -0.3 is 9.09 Å². The molecule has 1 N–H and O–H groups in total. The van der Waals surface area contributed by atoms with Crippen molar-refractivity contribution in [3.8, 4) is 0 Å². The fourth-order valence-electron chi connectivity index (χ4n) is 1.81. The Hall–Kier alpha value is -2.37. The Kier molecular flexibility index (Phi) is 3.50. The molecule has 0 spiro atoms. The molecule has 0 atom stereocenters. The molecule has 0 saturated heterocycles. The van der Waals surface area contributed by atoms with Gasteiger partial charge in [-0.25, -0.2) is 0 Å². The van der Waals surface area contributed by atoms with Crippen molar-refractivity contribution in [1.82, 2.24) is 9.72 Å². The van der Waals surface area contributed by atoms with Crippen LogP contribution in [0.5, 0.6) is 0 Å². The van der Waals surface area contributed by atoms with Crippen LogP contribution in [0, 0.1) is 6.92 Å². The van der Waals surface area contributed by atoms with Crippen LogP contribution < -0.4 is 10.9 Å². The predicted molar refractivity (Wildman–Crippen MR) is 70.3 cm³/mol. The minimum absolute atomic E-state index is 0.165. The first-order chi connectivity index (χ1) is 9.02. The Bertz CT molecular complexity index is 670. The summed E-state index contributed by atoms with van der Waals surface area (Å²) in [4.78, 5) is 23.3. The lowest BCUT2D eigenvalue weighted by atomic mass is 10.2. The Morgan fingerprint density at radius 2 is 2.21 bits per heavy atom. The predicted octanol–water partition coefficient (Wildman–Crippen LogP) is 1.50. The molecule has 2 aromatic heterocycles. The van der Waals surface area contributed by atoms with Gasteiger partial charge in [-0.2, -0.15) is 0 Å². The molecule has 0 aromatic carbocycles. The Morgan fingerprint density at radius 3 is 2.84 bits per heavy atom. The number of anilines is 1. The van der Waals surface area contributed by atoms with Crippen LogP contribution in [-0.2, 0) is 13.5 Å². The van der Waals surface area contributed by atoms with Gasteiger partial charge in [0.2, 0.25) is 11.4 Å². The molecule has 0 bridgehead atoms. The lowest BCUT2D eigenvalue weighted by Crippen LogP contribution is -2.19. The van der Waals surface area contributed by atoms with Gasteiger partial charge in [0.05, 0.1) is 11.3 Å². The standard InChI is InChI=1S/C13H15N3O3/c1-4-10-8(2)15-19-13(10)14-12(18)9-5-6-11(17)16(3)7-9/h5-7H,4H2,1-3H3,(H,14,18). The van der Waals surface area contributed by atoms with E-state index in [1.54, 1.807) is 7.05 Å². The molecule has 0 unspecified atom stereocenters. The second-order valence-corrected chi connectivity index (χ2v) is 4.25. The molecule has 0 aliphatic carbocycles. The molecule has 0 aliphatic heterocycles. The average Bonchev–Trinajstić information content (AvgIpc) is 2.73. The van der Waals surface area contributed by atoms with Crippen molar-refractivity contribution in [3.05, 3.63) is 45.5 Å². The summed E-state index contributed by atoms with van der Waals surface area (Å²) < 4.78 is 6.43. The quantitative estimate of drug-likeness (QED) is 0.908. The van der Waals surface area contributed by atoms with Crippen molar-refractivity contribution in [3.63, 3.8) is 0 Å². The summed E-state index contributed by atoms with van der Waals surface area (Å²) in [7, 11) is 1.59. The Labute approximate surface area is 110 Å². The Balaban J connectivity index is 2.25. The summed E-state index contributed by atoms with van der Waals surface area (Å²) in [5.41, 5.74) is 1.86. The van der Waals surface area contributed by atoms with Gasteiger partial charge >= 0.3 is 0 Å². The monoisotopic (exact) mass is 261 g/mol. The number of carbonyl (C=O) groups is 1. The maximum Gasteiger partial charge on any atom is 0.259 e. The summed E-state index contributed by atoms with van der Waals surface area (Å²) in [6.45, 7) is 3.78. The van der Waals surface area contributed by atoms with Crippen molar-refractivity contribution in [2.75, 3.05) is 5.32 Å². The highest BCUT2D eigenvalue weighted by molar-refractivity contribution is 6.03. The number of aromatic nitrogens is 2. The van der Waals surface area contributed by atoms with Crippen LogP contribution in [0.4, 0.5) is 5.88 Å². The zero-order valence-electron chi connectivity index (χ0n) is 11.1. The smallest absolute Gasteiger partial charge is 0.259 e. The van der Waals surface area contributed by atoms with Crippen LogP contribution in [0.25, 0.3) is 0 Å². The van der Waals surface area contributed by atoms with E-state index in [4.69, 9.17) is 4.52 Å². The van der Waals surface area contributed by atoms with Gasteiger partial charge in [-0.05, 0) is 19.4 Å². The molecular formula is C13H15N3O3. The van der Waals surface area contributed by atoms with E-state index in [0.717, 1.165) is 17.7 Å².